The van der Waals surface area contributed by atoms with Crippen LogP contribution >= 0.6 is 15.6 Å². The third-order valence-corrected chi connectivity index (χ3v) is 20.1. The number of aliphatic hydroxyl groups is 1. The Balaban J connectivity index is 5.18. The monoisotopic (exact) mass is 1410 g/mol. The van der Waals surface area contributed by atoms with E-state index < -0.39 is 97.5 Å². The quantitative estimate of drug-likeness (QED) is 0.0222. The van der Waals surface area contributed by atoms with Crippen molar-refractivity contribution in [1.29, 1.82) is 0 Å². The highest BCUT2D eigenvalue weighted by atomic mass is 31.2. The van der Waals surface area contributed by atoms with Crippen molar-refractivity contribution in [3.8, 4) is 0 Å². The molecule has 0 amide bonds. The Morgan fingerprint density at radius 2 is 0.531 bits per heavy atom. The summed E-state index contributed by atoms with van der Waals surface area (Å²) in [5, 5.41) is 10.6. The van der Waals surface area contributed by atoms with Gasteiger partial charge in [0, 0.05) is 25.7 Å². The number of phosphoric ester groups is 2. The number of rotatable bonds is 75. The van der Waals surface area contributed by atoms with Gasteiger partial charge in [0.15, 0.2) is 12.2 Å². The predicted octanol–water partition coefficient (Wildman–Crippen LogP) is 22.6. The van der Waals surface area contributed by atoms with Gasteiger partial charge in [0.2, 0.25) is 0 Å². The normalized spacial score (nSPS) is 14.3. The summed E-state index contributed by atoms with van der Waals surface area (Å²) in [5.41, 5.74) is 0. The maximum absolute atomic E-state index is 13.1. The number of esters is 4. The van der Waals surface area contributed by atoms with Crippen LogP contribution in [0.4, 0.5) is 0 Å². The number of carbonyl (C=O) groups excluding carboxylic acids is 4. The smallest absolute Gasteiger partial charge is 0.462 e. The van der Waals surface area contributed by atoms with Gasteiger partial charge in [0.25, 0.3) is 0 Å². The maximum Gasteiger partial charge on any atom is 0.472 e. The van der Waals surface area contributed by atoms with Crippen LogP contribution in [-0.4, -0.2) is 96.7 Å². The Hall–Kier alpha value is -1.94. The number of aliphatic hydroxyl groups excluding tert-OH is 1. The standard InChI is InChI=1S/C77H150O17P2/c1-8-10-11-12-13-36-44-51-58-74(79)87-65-73(94-77(82)61-54-47-40-39-43-50-57-70(7)9-2)67-92-96(85,86)90-63-71(78)62-89-95(83,84)91-66-72(93-76(81)60-53-46-38-33-29-25-21-17-15-19-23-27-31-35-42-49-56-69(5)6)64-88-75(80)59-52-45-37-32-28-24-20-16-14-18-22-26-30-34-41-48-55-68(3)4/h68-73,78H,8-67H2,1-7H3,(H,83,84)(H,85,86)/t70?,71-,72-,73-/m1/s1. The first-order valence-corrected chi connectivity index (χ1v) is 42.9. The molecular formula is C77H150O17P2. The summed E-state index contributed by atoms with van der Waals surface area (Å²) in [7, 11) is -9.91. The van der Waals surface area contributed by atoms with E-state index in [4.69, 9.17) is 37.0 Å². The topological polar surface area (TPSA) is 237 Å². The first kappa shape index (κ1) is 94.1. The minimum Gasteiger partial charge on any atom is -0.462 e. The van der Waals surface area contributed by atoms with Gasteiger partial charge in [-0.25, -0.2) is 9.13 Å². The molecule has 0 rings (SSSR count). The lowest BCUT2D eigenvalue weighted by Gasteiger charge is -2.21. The summed E-state index contributed by atoms with van der Waals surface area (Å²) >= 11 is 0. The van der Waals surface area contributed by atoms with E-state index in [9.17, 15) is 43.2 Å². The molecule has 0 saturated carbocycles. The maximum atomic E-state index is 13.1. The Bertz CT molecular complexity index is 1870. The third-order valence-electron chi connectivity index (χ3n) is 18.2. The molecule has 0 heterocycles. The molecule has 0 aliphatic carbocycles. The second kappa shape index (κ2) is 67.5. The summed E-state index contributed by atoms with van der Waals surface area (Å²) in [6.07, 6.45) is 54.3. The van der Waals surface area contributed by atoms with Gasteiger partial charge in [0.05, 0.1) is 26.4 Å². The molecule has 3 N–H and O–H groups in total. The predicted molar refractivity (Wildman–Crippen MR) is 391 cm³/mol. The highest BCUT2D eigenvalue weighted by Crippen LogP contribution is 2.45. The van der Waals surface area contributed by atoms with Gasteiger partial charge in [-0.15, -0.1) is 0 Å². The van der Waals surface area contributed by atoms with Gasteiger partial charge in [-0.1, -0.05) is 344 Å². The minimum absolute atomic E-state index is 0.103. The largest absolute Gasteiger partial charge is 0.472 e. The van der Waals surface area contributed by atoms with Gasteiger partial charge in [-0.3, -0.25) is 37.3 Å². The molecule has 19 heteroatoms. The first-order chi connectivity index (χ1) is 46.3. The number of hydrogen-bond acceptors (Lipinski definition) is 15. The molecule has 0 aliphatic rings. The lowest BCUT2D eigenvalue weighted by Crippen LogP contribution is -2.30. The highest BCUT2D eigenvalue weighted by molar-refractivity contribution is 7.47. The van der Waals surface area contributed by atoms with E-state index in [1.54, 1.807) is 0 Å². The van der Waals surface area contributed by atoms with Gasteiger partial charge >= 0.3 is 39.5 Å². The second-order valence-electron chi connectivity index (χ2n) is 28.9. The molecule has 0 fully saturated rings. The molecule has 570 valence electrons. The average molecular weight is 1410 g/mol. The molecule has 0 saturated heterocycles. The van der Waals surface area contributed by atoms with Crippen LogP contribution in [0.5, 0.6) is 0 Å². The number of unbranched alkanes of at least 4 members (excludes halogenated alkanes) is 42. The van der Waals surface area contributed by atoms with Crippen LogP contribution in [-0.2, 0) is 65.4 Å². The van der Waals surface area contributed by atoms with Gasteiger partial charge in [0.1, 0.15) is 19.3 Å². The van der Waals surface area contributed by atoms with E-state index in [-0.39, 0.29) is 25.7 Å². The molecule has 0 radical (unpaired) electrons. The van der Waals surface area contributed by atoms with Crippen LogP contribution in [0.15, 0.2) is 0 Å². The van der Waals surface area contributed by atoms with Crippen molar-refractivity contribution in [3.63, 3.8) is 0 Å². The van der Waals surface area contributed by atoms with Gasteiger partial charge in [-0.2, -0.15) is 0 Å². The summed E-state index contributed by atoms with van der Waals surface area (Å²) in [5.74, 6) is 0.220. The third kappa shape index (κ3) is 69.2. The van der Waals surface area contributed by atoms with Crippen molar-refractivity contribution in [2.24, 2.45) is 17.8 Å². The average Bonchev–Trinajstić information content (AvgIpc) is 1.65. The van der Waals surface area contributed by atoms with E-state index in [1.165, 1.54) is 199 Å². The zero-order valence-corrected chi connectivity index (χ0v) is 64.6. The number of carbonyl (C=O) groups is 4. The van der Waals surface area contributed by atoms with Gasteiger partial charge in [-0.05, 0) is 43.4 Å². The Labute approximate surface area is 588 Å². The summed E-state index contributed by atoms with van der Waals surface area (Å²) in [6.45, 7) is 11.9. The molecular weight excluding hydrogens is 1260 g/mol. The van der Waals surface area contributed by atoms with Crippen LogP contribution in [0.2, 0.25) is 0 Å². The van der Waals surface area contributed by atoms with Crippen LogP contribution < -0.4 is 0 Å². The van der Waals surface area contributed by atoms with Crippen molar-refractivity contribution in [2.75, 3.05) is 39.6 Å². The SMILES string of the molecule is CCCCCCCCCCC(=O)OC[C@H](COP(=O)(O)OC[C@H](O)COP(=O)(O)OC[C@@H](COC(=O)CCCCCCCCCCCCCCCCCCC(C)C)OC(=O)CCCCCCCCCCCCCCCCCCC(C)C)OC(=O)CCCCCCCCC(C)CC. The minimum atomic E-state index is -4.96. The van der Waals surface area contributed by atoms with E-state index in [2.05, 4.69) is 48.5 Å². The molecule has 0 aliphatic heterocycles. The molecule has 6 atom stereocenters. The van der Waals surface area contributed by atoms with Crippen molar-refractivity contribution >= 4 is 39.5 Å². The van der Waals surface area contributed by atoms with E-state index in [0.29, 0.717) is 25.7 Å². The second-order valence-corrected chi connectivity index (χ2v) is 31.8. The Kier molecular flexibility index (Phi) is 66.2. The van der Waals surface area contributed by atoms with Crippen LogP contribution in [0.25, 0.3) is 0 Å². The molecule has 0 aromatic heterocycles. The van der Waals surface area contributed by atoms with Crippen molar-refractivity contribution < 1.29 is 80.2 Å². The number of ether oxygens (including phenoxy) is 4. The zero-order valence-electron chi connectivity index (χ0n) is 62.8. The zero-order chi connectivity index (χ0) is 70.9. The van der Waals surface area contributed by atoms with Crippen molar-refractivity contribution in [2.45, 2.75) is 414 Å². The van der Waals surface area contributed by atoms with Crippen molar-refractivity contribution in [1.82, 2.24) is 0 Å². The highest BCUT2D eigenvalue weighted by Gasteiger charge is 2.30. The van der Waals surface area contributed by atoms with Gasteiger partial charge < -0.3 is 33.8 Å². The van der Waals surface area contributed by atoms with E-state index in [1.807, 2.05) is 0 Å². The molecule has 0 aromatic carbocycles. The summed E-state index contributed by atoms with van der Waals surface area (Å²) < 4.78 is 68.4. The fraction of sp³-hybridized carbons (Fsp3) is 0.948. The molecule has 0 spiro atoms. The fourth-order valence-electron chi connectivity index (χ4n) is 11.7. The Morgan fingerprint density at radius 1 is 0.302 bits per heavy atom. The molecule has 0 aromatic rings. The Morgan fingerprint density at radius 3 is 0.792 bits per heavy atom. The number of phosphoric acid groups is 2. The first-order valence-electron chi connectivity index (χ1n) is 39.9. The van der Waals surface area contributed by atoms with Crippen LogP contribution in [0.1, 0.15) is 395 Å². The van der Waals surface area contributed by atoms with Crippen LogP contribution in [0.3, 0.4) is 0 Å². The molecule has 3 unspecified atom stereocenters. The summed E-state index contributed by atoms with van der Waals surface area (Å²) in [6, 6.07) is 0. The molecule has 0 bridgehead atoms. The van der Waals surface area contributed by atoms with E-state index >= 15 is 0 Å². The lowest BCUT2D eigenvalue weighted by molar-refractivity contribution is -0.161. The fourth-order valence-corrected chi connectivity index (χ4v) is 13.3. The van der Waals surface area contributed by atoms with E-state index in [0.717, 1.165) is 114 Å². The summed E-state index contributed by atoms with van der Waals surface area (Å²) in [4.78, 5) is 72.7. The number of hydrogen-bond donors (Lipinski definition) is 3. The molecule has 17 nitrogen and oxygen atoms in total. The van der Waals surface area contributed by atoms with Crippen LogP contribution in [0, 0.1) is 17.8 Å². The molecule has 96 heavy (non-hydrogen) atoms. The van der Waals surface area contributed by atoms with Crippen molar-refractivity contribution in [3.05, 3.63) is 0 Å². The lowest BCUT2D eigenvalue weighted by atomic mass is 10.00.